The fourth-order valence-electron chi connectivity index (χ4n) is 5.38. The molecule has 0 aliphatic heterocycles. The van der Waals surface area contributed by atoms with Crippen molar-refractivity contribution in [1.29, 1.82) is 0 Å². The summed E-state index contributed by atoms with van der Waals surface area (Å²) in [6.07, 6.45) is 3.89. The number of ether oxygens (including phenoxy) is 2. The first-order chi connectivity index (χ1) is 20.3. The average Bonchev–Trinajstić information content (AvgIpc) is 2.90. The van der Waals surface area contributed by atoms with Gasteiger partial charge in [-0.3, -0.25) is 9.59 Å². The standard InChI is InChI=1S/C38H58O6/c1-12-19-43-32(39)17-15-26-21-28(34(41)29(22-26)36(3,4)5)25(2)14-13-20-44-33(40)18-16-27-23-30(37(6,7)8)35(42)31(24-27)38(9,10)11/h21-25,41-42H,12-20H2,1-11H3. The fourth-order valence-corrected chi connectivity index (χ4v) is 5.38. The third kappa shape index (κ3) is 10.9. The van der Waals surface area contributed by atoms with E-state index in [1.807, 2.05) is 31.2 Å². The van der Waals surface area contributed by atoms with Crippen molar-refractivity contribution in [3.63, 3.8) is 0 Å². The van der Waals surface area contributed by atoms with Crippen molar-refractivity contribution in [1.82, 2.24) is 0 Å². The van der Waals surface area contributed by atoms with E-state index in [2.05, 4.69) is 69.2 Å². The molecule has 0 saturated heterocycles. The van der Waals surface area contributed by atoms with Crippen LogP contribution in [0.2, 0.25) is 0 Å². The molecule has 0 radical (unpaired) electrons. The van der Waals surface area contributed by atoms with Gasteiger partial charge in [0.15, 0.2) is 0 Å². The molecule has 2 rings (SSSR count). The van der Waals surface area contributed by atoms with Crippen molar-refractivity contribution in [3.8, 4) is 11.5 Å². The highest BCUT2D eigenvalue weighted by Crippen LogP contribution is 2.41. The maximum absolute atomic E-state index is 12.7. The van der Waals surface area contributed by atoms with E-state index in [1.54, 1.807) is 0 Å². The molecule has 0 fully saturated rings. The lowest BCUT2D eigenvalue weighted by molar-refractivity contribution is -0.144. The van der Waals surface area contributed by atoms with Crippen LogP contribution in [0.5, 0.6) is 11.5 Å². The van der Waals surface area contributed by atoms with E-state index in [0.717, 1.165) is 46.2 Å². The quantitative estimate of drug-likeness (QED) is 0.174. The smallest absolute Gasteiger partial charge is 0.306 e. The van der Waals surface area contributed by atoms with Gasteiger partial charge in [0.1, 0.15) is 11.5 Å². The van der Waals surface area contributed by atoms with Crippen LogP contribution in [0, 0.1) is 0 Å². The molecule has 1 atom stereocenters. The van der Waals surface area contributed by atoms with Crippen molar-refractivity contribution in [2.75, 3.05) is 13.2 Å². The van der Waals surface area contributed by atoms with E-state index in [-0.39, 0.29) is 40.5 Å². The van der Waals surface area contributed by atoms with Crippen molar-refractivity contribution in [2.24, 2.45) is 0 Å². The van der Waals surface area contributed by atoms with E-state index < -0.39 is 0 Å². The number of hydrogen-bond acceptors (Lipinski definition) is 6. The number of phenols is 2. The minimum absolute atomic E-state index is 0.0467. The molecular weight excluding hydrogens is 552 g/mol. The van der Waals surface area contributed by atoms with Gasteiger partial charge in [0.05, 0.1) is 13.2 Å². The lowest BCUT2D eigenvalue weighted by atomic mass is 9.78. The molecular formula is C38H58O6. The number of esters is 2. The molecule has 2 N–H and O–H groups in total. The van der Waals surface area contributed by atoms with Gasteiger partial charge in [-0.2, -0.15) is 0 Å². The molecule has 44 heavy (non-hydrogen) atoms. The van der Waals surface area contributed by atoms with Gasteiger partial charge in [-0.15, -0.1) is 0 Å². The van der Waals surface area contributed by atoms with Crippen LogP contribution in [-0.2, 0) is 48.1 Å². The number of aryl methyl sites for hydroxylation is 2. The Hall–Kier alpha value is -3.02. The number of phenolic OH excluding ortho intramolecular Hbond substituents is 2. The molecule has 0 aromatic heterocycles. The van der Waals surface area contributed by atoms with E-state index in [0.29, 0.717) is 50.4 Å². The van der Waals surface area contributed by atoms with Crippen LogP contribution < -0.4 is 0 Å². The van der Waals surface area contributed by atoms with Crippen molar-refractivity contribution >= 4 is 11.9 Å². The first kappa shape index (κ1) is 37.2. The molecule has 246 valence electrons. The van der Waals surface area contributed by atoms with E-state index in [4.69, 9.17) is 9.47 Å². The summed E-state index contributed by atoms with van der Waals surface area (Å²) in [6, 6.07) is 8.04. The van der Waals surface area contributed by atoms with Gasteiger partial charge in [-0.05, 0) is 87.6 Å². The molecule has 0 amide bonds. The Morgan fingerprint density at radius 1 is 0.682 bits per heavy atom. The number of aromatic hydroxyl groups is 2. The zero-order valence-electron chi connectivity index (χ0n) is 29.3. The van der Waals surface area contributed by atoms with Gasteiger partial charge in [0.25, 0.3) is 0 Å². The molecule has 0 spiro atoms. The first-order valence-corrected chi connectivity index (χ1v) is 16.3. The summed E-state index contributed by atoms with van der Waals surface area (Å²) >= 11 is 0. The van der Waals surface area contributed by atoms with Crippen LogP contribution in [0.25, 0.3) is 0 Å². The second kappa shape index (κ2) is 15.3. The van der Waals surface area contributed by atoms with Gasteiger partial charge in [-0.25, -0.2) is 0 Å². The maximum Gasteiger partial charge on any atom is 0.306 e. The first-order valence-electron chi connectivity index (χ1n) is 16.3. The predicted octanol–water partition coefficient (Wildman–Crippen LogP) is 8.94. The highest BCUT2D eigenvalue weighted by atomic mass is 16.5. The zero-order chi connectivity index (χ0) is 33.5. The summed E-state index contributed by atoms with van der Waals surface area (Å²) in [5.74, 6) is 0.243. The van der Waals surface area contributed by atoms with E-state index in [9.17, 15) is 19.8 Å². The Morgan fingerprint density at radius 3 is 1.52 bits per heavy atom. The minimum Gasteiger partial charge on any atom is -0.507 e. The second-order valence-corrected chi connectivity index (χ2v) is 15.4. The zero-order valence-corrected chi connectivity index (χ0v) is 29.3. The lowest BCUT2D eigenvalue weighted by Crippen LogP contribution is -2.18. The summed E-state index contributed by atoms with van der Waals surface area (Å²) < 4.78 is 10.8. The van der Waals surface area contributed by atoms with Gasteiger partial charge in [0.2, 0.25) is 0 Å². The topological polar surface area (TPSA) is 93.1 Å². The molecule has 2 aromatic rings. The Balaban J connectivity index is 2.02. The molecule has 0 heterocycles. The van der Waals surface area contributed by atoms with E-state index in [1.165, 1.54) is 0 Å². The van der Waals surface area contributed by atoms with Crippen LogP contribution in [0.15, 0.2) is 24.3 Å². The SMILES string of the molecule is CCCOC(=O)CCc1cc(C(C)CCCOC(=O)CCc2cc(C(C)(C)C)c(O)c(C(C)(C)C)c2)c(O)c(C(C)(C)C)c1. The van der Waals surface area contributed by atoms with Crippen LogP contribution >= 0.6 is 0 Å². The predicted molar refractivity (Wildman–Crippen MR) is 179 cm³/mol. The summed E-state index contributed by atoms with van der Waals surface area (Å²) in [5.41, 5.74) is 4.83. The van der Waals surface area contributed by atoms with Gasteiger partial charge < -0.3 is 19.7 Å². The molecule has 1 unspecified atom stereocenters. The minimum atomic E-state index is -0.258. The van der Waals surface area contributed by atoms with Crippen molar-refractivity contribution in [2.45, 2.75) is 143 Å². The van der Waals surface area contributed by atoms with Crippen molar-refractivity contribution in [3.05, 3.63) is 57.6 Å². The third-order valence-electron chi connectivity index (χ3n) is 8.07. The normalized spacial score (nSPS) is 13.1. The second-order valence-electron chi connectivity index (χ2n) is 15.4. The van der Waals surface area contributed by atoms with Crippen LogP contribution in [0.4, 0.5) is 0 Å². The summed E-state index contributed by atoms with van der Waals surface area (Å²) in [5, 5.41) is 22.2. The number of benzene rings is 2. The van der Waals surface area contributed by atoms with Crippen LogP contribution in [0.3, 0.4) is 0 Å². The number of carbonyl (C=O) groups is 2. The Bertz CT molecular complexity index is 1230. The van der Waals surface area contributed by atoms with Crippen LogP contribution in [-0.4, -0.2) is 35.4 Å². The molecule has 0 bridgehead atoms. The van der Waals surface area contributed by atoms with Crippen molar-refractivity contribution < 1.29 is 29.3 Å². The summed E-state index contributed by atoms with van der Waals surface area (Å²) in [7, 11) is 0. The molecule has 6 nitrogen and oxygen atoms in total. The Labute approximate surface area is 266 Å². The Morgan fingerprint density at radius 2 is 1.09 bits per heavy atom. The molecule has 2 aromatic carbocycles. The van der Waals surface area contributed by atoms with E-state index >= 15 is 0 Å². The third-order valence-corrected chi connectivity index (χ3v) is 8.07. The molecule has 0 aliphatic carbocycles. The average molecular weight is 611 g/mol. The van der Waals surface area contributed by atoms with Gasteiger partial charge >= 0.3 is 11.9 Å². The number of carbonyl (C=O) groups excluding carboxylic acids is 2. The summed E-state index contributed by atoms with van der Waals surface area (Å²) in [4.78, 5) is 24.8. The molecule has 6 heteroatoms. The highest BCUT2D eigenvalue weighted by Gasteiger charge is 2.27. The van der Waals surface area contributed by atoms with Crippen LogP contribution in [0.1, 0.15) is 148 Å². The lowest BCUT2D eigenvalue weighted by Gasteiger charge is -2.28. The fraction of sp³-hybridized carbons (Fsp3) is 0.632. The molecule has 0 saturated carbocycles. The molecule has 0 aliphatic rings. The number of hydrogen-bond donors (Lipinski definition) is 2. The van der Waals surface area contributed by atoms with Gasteiger partial charge in [0, 0.05) is 12.8 Å². The monoisotopic (exact) mass is 610 g/mol. The largest absolute Gasteiger partial charge is 0.507 e. The summed E-state index contributed by atoms with van der Waals surface area (Å²) in [6.45, 7) is 23.5. The number of rotatable bonds is 13. The highest BCUT2D eigenvalue weighted by molar-refractivity contribution is 5.70. The van der Waals surface area contributed by atoms with Gasteiger partial charge in [-0.1, -0.05) is 100 Å². The maximum atomic E-state index is 12.7. The Kier molecular flexibility index (Phi) is 12.9.